The van der Waals surface area contributed by atoms with Crippen LogP contribution in [0, 0.1) is 0 Å². The predicted molar refractivity (Wildman–Crippen MR) is 231 cm³/mol. The summed E-state index contributed by atoms with van der Waals surface area (Å²) >= 11 is 0. The zero-order valence-corrected chi connectivity index (χ0v) is 35.8. The van der Waals surface area contributed by atoms with Crippen LogP contribution in [-0.4, -0.2) is 124 Å². The van der Waals surface area contributed by atoms with E-state index < -0.39 is 24.4 Å². The quantitative estimate of drug-likeness (QED) is 0.0303. The summed E-state index contributed by atoms with van der Waals surface area (Å²) in [4.78, 5) is 63.9. The molecule has 0 fully saturated rings. The number of benzene rings is 1. The number of aliphatic hydroxyl groups excluding tert-OH is 1. The van der Waals surface area contributed by atoms with Gasteiger partial charge in [0.25, 0.3) is 0 Å². The van der Waals surface area contributed by atoms with E-state index in [1.165, 1.54) is 0 Å². The second-order valence-corrected chi connectivity index (χ2v) is 14.2. The Labute approximate surface area is 354 Å². The molecule has 16 nitrogen and oxygen atoms in total. The Kier molecular flexibility index (Phi) is 22.5. The number of hydrogen-bond acceptors (Lipinski definition) is 11. The van der Waals surface area contributed by atoms with E-state index >= 15 is 0 Å². The summed E-state index contributed by atoms with van der Waals surface area (Å²) in [7, 11) is 0. The number of alkyl carbamates (subject to hydrolysis) is 4. The number of carbonyl (C=O) groups excluding carboxylic acids is 5. The molecular weight excluding hydrogens is 773 g/mol. The summed E-state index contributed by atoms with van der Waals surface area (Å²) < 4.78 is 23.4. The van der Waals surface area contributed by atoms with E-state index in [-0.39, 0.29) is 49.1 Å². The number of rotatable bonds is 26. The highest BCUT2D eigenvalue weighted by molar-refractivity contribution is 6.39. The third-order valence-corrected chi connectivity index (χ3v) is 9.55. The monoisotopic (exact) mass is 837 g/mol. The van der Waals surface area contributed by atoms with Crippen LogP contribution in [0.3, 0.4) is 0 Å². The first kappa shape index (κ1) is 48.6. The summed E-state index contributed by atoms with van der Waals surface area (Å²) in [5.74, 6) is -0.430. The van der Waals surface area contributed by atoms with Crippen molar-refractivity contribution in [3.8, 4) is 0 Å². The van der Waals surface area contributed by atoms with Crippen LogP contribution in [0.25, 0.3) is 5.57 Å². The lowest BCUT2D eigenvalue weighted by atomic mass is 9.80. The first-order valence-corrected chi connectivity index (χ1v) is 21.3. The fraction of sp³-hybridized carbons (Fsp3) is 0.545. The minimum Gasteiger partial charge on any atom is -0.506 e. The van der Waals surface area contributed by atoms with Crippen molar-refractivity contribution in [1.82, 2.24) is 21.3 Å². The molecule has 330 valence electrons. The number of nitrogens with one attached hydrogen (secondary N) is 4. The number of amides is 4. The number of Topliss-reactive ketones (excluding diaryl/α,β-unsaturated/α-hetero) is 1. The molecule has 2 aliphatic carbocycles. The van der Waals surface area contributed by atoms with Crippen molar-refractivity contribution in [2.45, 2.75) is 79.1 Å². The molecule has 0 aliphatic heterocycles. The number of ketones is 1. The van der Waals surface area contributed by atoms with E-state index in [0.717, 1.165) is 62.8 Å². The van der Waals surface area contributed by atoms with Gasteiger partial charge < -0.3 is 50.2 Å². The minimum atomic E-state index is -0.502. The maximum Gasteiger partial charge on any atom is 0.407 e. The summed E-state index contributed by atoms with van der Waals surface area (Å²) in [6.07, 6.45) is 12.2. The van der Waals surface area contributed by atoms with E-state index in [4.69, 9.17) is 18.9 Å². The second kappa shape index (κ2) is 27.8. The van der Waals surface area contributed by atoms with Crippen molar-refractivity contribution in [1.29, 1.82) is 0 Å². The van der Waals surface area contributed by atoms with Crippen molar-refractivity contribution in [3.05, 3.63) is 71.0 Å². The first-order valence-electron chi connectivity index (χ1n) is 21.3. The van der Waals surface area contributed by atoms with Crippen molar-refractivity contribution in [2.75, 3.05) is 83.7 Å². The third kappa shape index (κ3) is 16.8. The van der Waals surface area contributed by atoms with Gasteiger partial charge in [-0.15, -0.1) is 0 Å². The molecule has 0 saturated carbocycles. The molecule has 0 spiro atoms. The molecule has 0 radical (unpaired) electrons. The van der Waals surface area contributed by atoms with Gasteiger partial charge in [-0.25, -0.2) is 23.8 Å². The fourth-order valence-corrected chi connectivity index (χ4v) is 6.02. The molecule has 4 amide bonds. The van der Waals surface area contributed by atoms with Crippen LogP contribution in [0.5, 0.6) is 0 Å². The van der Waals surface area contributed by atoms with Crippen molar-refractivity contribution in [2.24, 2.45) is 0 Å². The van der Waals surface area contributed by atoms with Gasteiger partial charge >= 0.3 is 24.4 Å². The first-order chi connectivity index (χ1) is 29.1. The van der Waals surface area contributed by atoms with Gasteiger partial charge in [-0.2, -0.15) is 0 Å². The molecule has 0 unspecified atom stereocenters. The molecule has 0 heterocycles. The number of nitrogens with zero attached hydrogens (tertiary/aromatic N) is 2. The number of anilines is 1. The fourth-order valence-electron chi connectivity index (χ4n) is 6.02. The predicted octanol–water partition coefficient (Wildman–Crippen LogP) is 6.33. The van der Waals surface area contributed by atoms with Crippen LogP contribution >= 0.6 is 0 Å². The van der Waals surface area contributed by atoms with E-state index in [0.29, 0.717) is 63.5 Å². The summed E-state index contributed by atoms with van der Waals surface area (Å²) in [6.45, 7) is 11.9. The molecule has 16 heteroatoms. The zero-order valence-electron chi connectivity index (χ0n) is 35.8. The average Bonchev–Trinajstić information content (AvgIpc) is 3.23. The molecule has 0 atom stereocenters. The van der Waals surface area contributed by atoms with Crippen LogP contribution in [0.1, 0.15) is 84.6 Å². The Hall–Kier alpha value is -5.80. The molecule has 5 N–H and O–H groups in total. The topological polar surface area (TPSA) is 197 Å². The van der Waals surface area contributed by atoms with Crippen molar-refractivity contribution >= 4 is 47.1 Å². The Balaban J connectivity index is 1.72. The molecule has 2 aliphatic rings. The van der Waals surface area contributed by atoms with Gasteiger partial charge in [0.05, 0.1) is 24.2 Å². The zero-order chi connectivity index (χ0) is 43.5. The van der Waals surface area contributed by atoms with E-state index in [9.17, 15) is 29.1 Å². The van der Waals surface area contributed by atoms with E-state index in [2.05, 4.69) is 21.3 Å². The number of allylic oxidation sites excluding steroid dienone is 7. The third-order valence-electron chi connectivity index (χ3n) is 9.55. The van der Waals surface area contributed by atoms with Crippen LogP contribution in [0.2, 0.25) is 0 Å². The van der Waals surface area contributed by atoms with Gasteiger partial charge in [0, 0.05) is 44.0 Å². The molecule has 0 saturated heterocycles. The Morgan fingerprint density at radius 1 is 0.583 bits per heavy atom. The molecule has 1 aromatic carbocycles. The Morgan fingerprint density at radius 3 is 1.37 bits per heavy atom. The maximum atomic E-state index is 13.5. The van der Waals surface area contributed by atoms with Gasteiger partial charge in [0.2, 0.25) is 5.78 Å². The van der Waals surface area contributed by atoms with Crippen LogP contribution in [0.15, 0.2) is 65.5 Å². The number of unbranched alkanes of at least 4 members (excludes halogenated alkanes) is 4. The summed E-state index contributed by atoms with van der Waals surface area (Å²) in [6, 6.07) is 7.06. The highest BCUT2D eigenvalue weighted by Crippen LogP contribution is 2.39. The largest absolute Gasteiger partial charge is 0.506 e. The Bertz CT molecular complexity index is 1660. The highest BCUT2D eigenvalue weighted by atomic mass is 16.6. The van der Waals surface area contributed by atoms with Crippen LogP contribution < -0.4 is 26.2 Å². The smallest absolute Gasteiger partial charge is 0.407 e. The molecule has 3 rings (SSSR count). The average molecular weight is 838 g/mol. The Morgan fingerprint density at radius 2 is 0.983 bits per heavy atom. The number of hydrogen-bond donors (Lipinski definition) is 5. The van der Waals surface area contributed by atoms with Gasteiger partial charge in [-0.1, -0.05) is 65.5 Å². The van der Waals surface area contributed by atoms with E-state index in [1.807, 2.05) is 37.2 Å². The molecule has 0 aromatic heterocycles. The number of carbonyl (C=O) groups is 5. The van der Waals surface area contributed by atoms with Gasteiger partial charge in [-0.05, 0) is 61.1 Å². The number of ether oxygens (including phenoxy) is 4. The normalized spacial score (nSPS) is 13.1. The SMILES string of the molecule is CCCCNC(=O)OCCN(CCOC(=O)NCCCC)c1ccc(C2=C(O)C(=C3C=CC(=[N+](CCOC(=O)NCCCC)CCOC(=O)NCCCC)C=C3)C2=O)cc1. The van der Waals surface area contributed by atoms with E-state index in [1.54, 1.807) is 48.6 Å². The molecule has 1 aromatic rings. The molecule has 0 bridgehead atoms. The van der Waals surface area contributed by atoms with Crippen molar-refractivity contribution in [3.63, 3.8) is 0 Å². The maximum absolute atomic E-state index is 13.5. The van der Waals surface area contributed by atoms with Gasteiger partial charge in [0.1, 0.15) is 19.0 Å². The van der Waals surface area contributed by atoms with Gasteiger partial charge in [0.15, 0.2) is 32.0 Å². The second-order valence-electron chi connectivity index (χ2n) is 14.2. The van der Waals surface area contributed by atoms with Gasteiger partial charge in [-0.3, -0.25) is 4.79 Å². The molecular formula is C44H65N6O10+. The number of aliphatic hydroxyl groups is 1. The standard InChI is InChI=1S/C44H64N6O10/c1-5-9-21-45-41(53)57-29-25-49(26-30-58-42(54)46-22-10-6-2)35-17-13-33(14-18-35)37-39(51)38(40(37)52)34-15-19-36(20-16-34)50(27-31-59-43(55)47-23-11-7-3)28-32-60-44(56)48-24-12-8-4/h13-20H,5-12,21-32H2,1-4H3,(H4-,45,46,47,48,51,52,53,54,55,56)/p+1. The lowest BCUT2D eigenvalue weighted by Crippen LogP contribution is -2.35. The summed E-state index contributed by atoms with van der Waals surface area (Å²) in [5, 5.41) is 22.1. The lowest BCUT2D eigenvalue weighted by Gasteiger charge is -2.26. The highest BCUT2D eigenvalue weighted by Gasteiger charge is 2.36. The lowest BCUT2D eigenvalue weighted by molar-refractivity contribution is -0.530. The van der Waals surface area contributed by atoms with Crippen molar-refractivity contribution < 1.29 is 52.6 Å². The van der Waals surface area contributed by atoms with Crippen LogP contribution in [-0.2, 0) is 23.7 Å². The van der Waals surface area contributed by atoms with Crippen LogP contribution in [0.4, 0.5) is 24.9 Å². The molecule has 60 heavy (non-hydrogen) atoms. The summed E-state index contributed by atoms with van der Waals surface area (Å²) in [5.41, 5.74) is 2.93. The minimum absolute atomic E-state index is 0.0931.